The van der Waals surface area contributed by atoms with Gasteiger partial charge in [0.25, 0.3) is 0 Å². The standard InChI is InChI=1S/C26H36BrF5N4O2Si/c1-24(2,3)39(5,6)38-11-10-35(4)22-17-12-18(26(30,31)32)19(27)20(29)21(17)33-23(34-22)37-15-25-8-7-9-36(25)14-16(28)13-25/h12,16H,7-11,13-15H2,1-6H3/t16-,25+/m1/s1. The average molecular weight is 640 g/mol. The van der Waals surface area contributed by atoms with E-state index in [0.717, 1.165) is 25.5 Å². The summed E-state index contributed by atoms with van der Waals surface area (Å²) in [4.78, 5) is 12.3. The molecule has 3 heterocycles. The molecule has 2 atom stereocenters. The third kappa shape index (κ3) is 6.06. The highest BCUT2D eigenvalue weighted by Crippen LogP contribution is 2.43. The van der Waals surface area contributed by atoms with Crippen LogP contribution in [0, 0.1) is 5.82 Å². The SMILES string of the molecule is CN(CCO[Si](C)(C)C(C)(C)C)c1nc(OC[C@@]23CCCN2C[C@H](F)C3)nc2c(F)c(Br)c(C(F)(F)F)cc12. The van der Waals surface area contributed by atoms with Gasteiger partial charge in [0, 0.05) is 31.9 Å². The van der Waals surface area contributed by atoms with Gasteiger partial charge in [0.15, 0.2) is 14.1 Å². The van der Waals surface area contributed by atoms with Crippen molar-refractivity contribution >= 4 is 41.0 Å². The van der Waals surface area contributed by atoms with E-state index in [2.05, 4.69) is 64.7 Å². The zero-order chi connectivity index (χ0) is 29.0. The molecule has 2 fully saturated rings. The van der Waals surface area contributed by atoms with Gasteiger partial charge in [-0.1, -0.05) is 20.8 Å². The molecule has 2 aliphatic rings. The van der Waals surface area contributed by atoms with Crippen LogP contribution in [0.5, 0.6) is 6.01 Å². The quantitative estimate of drug-likeness (QED) is 0.230. The molecule has 13 heteroatoms. The zero-order valence-corrected chi connectivity index (χ0v) is 25.8. The lowest BCUT2D eigenvalue weighted by Gasteiger charge is -2.36. The summed E-state index contributed by atoms with van der Waals surface area (Å²) in [5, 5.41) is -0.104. The van der Waals surface area contributed by atoms with Crippen molar-refractivity contribution in [1.82, 2.24) is 14.9 Å². The van der Waals surface area contributed by atoms with Gasteiger partial charge in [0.1, 0.15) is 24.1 Å². The topological polar surface area (TPSA) is 50.7 Å². The van der Waals surface area contributed by atoms with Gasteiger partial charge in [-0.3, -0.25) is 4.90 Å². The number of benzene rings is 1. The monoisotopic (exact) mass is 638 g/mol. The molecule has 0 bridgehead atoms. The first kappa shape index (κ1) is 30.4. The van der Waals surface area contributed by atoms with Crippen molar-refractivity contribution in [2.24, 2.45) is 0 Å². The van der Waals surface area contributed by atoms with Crippen molar-refractivity contribution in [3.8, 4) is 6.01 Å². The summed E-state index contributed by atoms with van der Waals surface area (Å²) in [6.45, 7) is 12.4. The smallest absolute Gasteiger partial charge is 0.417 e. The fourth-order valence-electron chi connectivity index (χ4n) is 5.14. The molecule has 2 aliphatic heterocycles. The number of ether oxygens (including phenoxy) is 1. The van der Waals surface area contributed by atoms with Crippen molar-refractivity contribution < 1.29 is 31.1 Å². The Bertz CT molecular complexity index is 1230. The number of hydrogen-bond donors (Lipinski definition) is 0. The van der Waals surface area contributed by atoms with Crippen LogP contribution in [0.4, 0.5) is 27.8 Å². The lowest BCUT2D eigenvalue weighted by Crippen LogP contribution is -2.43. The second-order valence-corrected chi connectivity index (χ2v) is 17.8. The minimum absolute atomic E-state index is 0.0163. The minimum atomic E-state index is -4.79. The van der Waals surface area contributed by atoms with Gasteiger partial charge in [-0.2, -0.15) is 23.1 Å². The number of alkyl halides is 4. The Morgan fingerprint density at radius 2 is 1.92 bits per heavy atom. The van der Waals surface area contributed by atoms with E-state index in [1.165, 1.54) is 0 Å². The molecule has 0 saturated carbocycles. The van der Waals surface area contributed by atoms with Crippen molar-refractivity contribution in [2.75, 3.05) is 44.8 Å². The lowest BCUT2D eigenvalue weighted by atomic mass is 9.95. The van der Waals surface area contributed by atoms with Gasteiger partial charge < -0.3 is 14.1 Å². The van der Waals surface area contributed by atoms with Crippen molar-refractivity contribution in [3.05, 3.63) is 21.9 Å². The summed E-state index contributed by atoms with van der Waals surface area (Å²) in [5.41, 5.74) is -1.93. The molecule has 218 valence electrons. The number of likely N-dealkylation sites (N-methyl/N-ethyl adjacent to an activating group) is 1. The van der Waals surface area contributed by atoms with Crippen LogP contribution in [0.15, 0.2) is 10.5 Å². The number of fused-ring (bicyclic) bond motifs is 2. The Kier molecular flexibility index (Phi) is 8.32. The Morgan fingerprint density at radius 3 is 2.56 bits per heavy atom. The van der Waals surface area contributed by atoms with Crippen LogP contribution in [-0.2, 0) is 10.6 Å². The summed E-state index contributed by atoms with van der Waals surface area (Å²) in [6, 6.07) is 0.693. The van der Waals surface area contributed by atoms with Crippen molar-refractivity contribution in [1.29, 1.82) is 0 Å². The first-order chi connectivity index (χ1) is 17.9. The van der Waals surface area contributed by atoms with Crippen LogP contribution in [-0.4, -0.2) is 74.8 Å². The highest BCUT2D eigenvalue weighted by molar-refractivity contribution is 9.10. The Morgan fingerprint density at radius 1 is 1.23 bits per heavy atom. The third-order valence-electron chi connectivity index (χ3n) is 8.42. The Hall–Kier alpha value is -1.57. The Labute approximate surface area is 235 Å². The maximum Gasteiger partial charge on any atom is 0.417 e. The normalized spacial score (nSPS) is 22.5. The zero-order valence-electron chi connectivity index (χ0n) is 23.2. The largest absolute Gasteiger partial charge is 0.461 e. The van der Waals surface area contributed by atoms with Crippen LogP contribution in [0.25, 0.3) is 10.9 Å². The highest BCUT2D eigenvalue weighted by atomic mass is 79.9. The summed E-state index contributed by atoms with van der Waals surface area (Å²) in [6.07, 6.45) is -3.75. The second kappa shape index (κ2) is 10.7. The fraction of sp³-hybridized carbons (Fsp3) is 0.692. The minimum Gasteiger partial charge on any atom is -0.461 e. The Balaban J connectivity index is 1.69. The molecule has 2 saturated heterocycles. The highest BCUT2D eigenvalue weighted by Gasteiger charge is 2.49. The van der Waals surface area contributed by atoms with E-state index >= 15 is 4.39 Å². The molecule has 1 aromatic heterocycles. The average Bonchev–Trinajstić information content (AvgIpc) is 3.33. The number of nitrogens with zero attached hydrogens (tertiary/aromatic N) is 4. The summed E-state index contributed by atoms with van der Waals surface area (Å²) < 4.78 is 82.3. The fourth-order valence-corrected chi connectivity index (χ4v) is 6.70. The molecule has 2 aromatic rings. The van der Waals surface area contributed by atoms with Crippen molar-refractivity contribution in [3.63, 3.8) is 0 Å². The van der Waals surface area contributed by atoms with E-state index in [9.17, 15) is 17.6 Å². The molecule has 39 heavy (non-hydrogen) atoms. The first-order valence-corrected chi connectivity index (χ1v) is 16.8. The number of aromatic nitrogens is 2. The molecule has 0 radical (unpaired) electrons. The van der Waals surface area contributed by atoms with E-state index in [0.29, 0.717) is 26.1 Å². The number of hydrogen-bond acceptors (Lipinski definition) is 6. The summed E-state index contributed by atoms with van der Waals surface area (Å²) >= 11 is 2.77. The number of rotatable bonds is 8. The molecule has 0 amide bonds. The van der Waals surface area contributed by atoms with Gasteiger partial charge in [0.2, 0.25) is 0 Å². The van der Waals surface area contributed by atoms with E-state index in [1.807, 2.05) is 0 Å². The molecular formula is C26H36BrF5N4O2Si. The molecule has 6 nitrogen and oxygen atoms in total. The molecule has 0 unspecified atom stereocenters. The maximum atomic E-state index is 15.4. The summed E-state index contributed by atoms with van der Waals surface area (Å²) in [5.74, 6) is -1.05. The maximum absolute atomic E-state index is 15.4. The van der Waals surface area contributed by atoms with Crippen LogP contribution in [0.1, 0.15) is 45.6 Å². The van der Waals surface area contributed by atoms with E-state index in [4.69, 9.17) is 9.16 Å². The number of anilines is 1. The van der Waals surface area contributed by atoms with Gasteiger partial charge in [0.05, 0.1) is 22.2 Å². The lowest BCUT2D eigenvalue weighted by molar-refractivity contribution is -0.138. The predicted molar refractivity (Wildman–Crippen MR) is 147 cm³/mol. The third-order valence-corrected chi connectivity index (χ3v) is 13.7. The van der Waals surface area contributed by atoms with Crippen LogP contribution in [0.3, 0.4) is 0 Å². The molecule has 0 N–H and O–H groups in total. The van der Waals surface area contributed by atoms with Crippen LogP contribution < -0.4 is 9.64 Å². The summed E-state index contributed by atoms with van der Waals surface area (Å²) in [7, 11) is -0.406. The van der Waals surface area contributed by atoms with Gasteiger partial charge in [-0.05, 0) is 59.5 Å². The molecule has 1 aromatic carbocycles. The van der Waals surface area contributed by atoms with E-state index in [-0.39, 0.29) is 34.4 Å². The van der Waals surface area contributed by atoms with Gasteiger partial charge in [-0.25, -0.2) is 8.78 Å². The molecular weight excluding hydrogens is 603 g/mol. The van der Waals surface area contributed by atoms with Crippen LogP contribution >= 0.6 is 15.9 Å². The van der Waals surface area contributed by atoms with Gasteiger partial charge in [-0.15, -0.1) is 0 Å². The first-order valence-electron chi connectivity index (χ1n) is 13.1. The number of halogens is 6. The predicted octanol–water partition coefficient (Wildman–Crippen LogP) is 6.96. The molecule has 0 spiro atoms. The van der Waals surface area contributed by atoms with E-state index in [1.54, 1.807) is 11.9 Å². The molecule has 4 rings (SSSR count). The second-order valence-electron chi connectivity index (χ2n) is 12.2. The van der Waals surface area contributed by atoms with Gasteiger partial charge >= 0.3 is 12.2 Å². The van der Waals surface area contributed by atoms with Crippen molar-refractivity contribution in [2.45, 2.75) is 76.1 Å². The molecule has 0 aliphatic carbocycles. The van der Waals surface area contributed by atoms with Crippen LogP contribution in [0.2, 0.25) is 18.1 Å². The van der Waals surface area contributed by atoms with E-state index < -0.39 is 42.1 Å².